The summed E-state index contributed by atoms with van der Waals surface area (Å²) in [6.45, 7) is 0.620. The van der Waals surface area contributed by atoms with E-state index in [0.29, 0.717) is 44.1 Å². The molecule has 1 N–H and O–H groups in total. The van der Waals surface area contributed by atoms with Gasteiger partial charge in [0.05, 0.1) is 39.5 Å². The van der Waals surface area contributed by atoms with Gasteiger partial charge in [-0.3, -0.25) is 0 Å². The number of hydrogen-bond donors (Lipinski definition) is 1. The molecule has 0 spiro atoms. The minimum atomic E-state index is -5.93. The summed E-state index contributed by atoms with van der Waals surface area (Å²) in [5, 5.41) is 12.5. The fourth-order valence-electron chi connectivity index (χ4n) is 13.9. The largest absolute Gasteiger partial charge is 0.534 e. The number of rotatable bonds is 20. The zero-order valence-electron chi connectivity index (χ0n) is 52.0. The maximum Gasteiger partial charge on any atom is 0.534 e. The van der Waals surface area contributed by atoms with Gasteiger partial charge >= 0.3 is 51.4 Å². The molecule has 20 nitrogen and oxygen atoms in total. The molecule has 2 aliphatic heterocycles. The quantitative estimate of drug-likeness (QED) is 0.0322. The normalized spacial score (nSPS) is 27.4. The third-order valence-electron chi connectivity index (χ3n) is 18.7. The molecule has 7 aromatic rings. The summed E-state index contributed by atoms with van der Waals surface area (Å²) in [4.78, 5) is 86.5. The highest BCUT2D eigenvalue weighted by molar-refractivity contribution is 7.88. The summed E-state index contributed by atoms with van der Waals surface area (Å²) in [6, 6.07) is 51.0. The molecule has 2 heterocycles. The van der Waals surface area contributed by atoms with Gasteiger partial charge in [-0.05, 0) is 158 Å². The molecule has 0 aromatic heterocycles. The van der Waals surface area contributed by atoms with Crippen LogP contribution in [0.25, 0.3) is 0 Å². The van der Waals surface area contributed by atoms with Gasteiger partial charge in [-0.2, -0.15) is 21.6 Å². The smallest absolute Gasteiger partial charge is 0.459 e. The standard InChI is InChI=1S/C73H67F3O20S/c1-72-39-38-52-51-35-33-50(96-97(84,85)73(74,75)76)40-49(51)32-34-53(52)54(72)36-37-57(72)90-70-63(94-69(83)48-30-18-7-19-31-48)61(59(91-66(80)45-24-12-4-13-25-45)56(89-70)42-87-65(79)44-22-10-3-11-23-44)95-71-62(93-68(82)47-28-16-6-17-29-47)60(92-67(81)46-26-14-5-15-27-46)58(77)55(88-71)41-86-64(78)43-20-8-2-9-21-43/h2-31,33,35,40,52-63,70-71,77H,32,34,36-39,41-42H2,1H3/t52?,53-,54+,55?,56?,57+,58?,59?,60?,61?,62?,63?,70?,71?,72+/m1/s1. The molecule has 5 aliphatic rings. The van der Waals surface area contributed by atoms with Crippen LogP contribution in [0.3, 0.4) is 0 Å². The third-order valence-corrected chi connectivity index (χ3v) is 19.7. The van der Waals surface area contributed by atoms with Crippen LogP contribution in [0.15, 0.2) is 200 Å². The Hall–Kier alpha value is -9.30. The van der Waals surface area contributed by atoms with Crippen molar-refractivity contribution >= 4 is 45.9 Å². The molecule has 2 saturated carbocycles. The van der Waals surface area contributed by atoms with Gasteiger partial charge in [0.2, 0.25) is 0 Å². The number of fused-ring (bicyclic) bond motifs is 5. The Labute approximate surface area is 555 Å². The fourth-order valence-corrected chi connectivity index (χ4v) is 14.4. The van der Waals surface area contributed by atoms with Crippen molar-refractivity contribution < 1.29 is 107 Å². The predicted octanol–water partition coefficient (Wildman–Crippen LogP) is 11.0. The van der Waals surface area contributed by atoms with Crippen LogP contribution in [0.2, 0.25) is 0 Å². The Morgan fingerprint density at radius 2 is 0.907 bits per heavy atom. The van der Waals surface area contributed by atoms with E-state index in [2.05, 4.69) is 11.1 Å². The topological polar surface area (TPSA) is 258 Å². The highest BCUT2D eigenvalue weighted by Gasteiger charge is 2.61. The molecule has 24 heteroatoms. The average Bonchev–Trinajstić information content (AvgIpc) is 1.70. The van der Waals surface area contributed by atoms with Gasteiger partial charge in [0.25, 0.3) is 0 Å². The molecular formula is C73H67F3O20S. The molecule has 0 amide bonds. The Morgan fingerprint density at radius 3 is 1.38 bits per heavy atom. The van der Waals surface area contributed by atoms with E-state index in [4.69, 9.17) is 47.4 Å². The number of carbonyl (C=O) groups is 6. The summed E-state index contributed by atoms with van der Waals surface area (Å²) in [6.07, 6.45) is -16.4. The summed E-state index contributed by atoms with van der Waals surface area (Å²) in [7, 11) is -5.93. The Morgan fingerprint density at radius 1 is 0.495 bits per heavy atom. The molecular weight excluding hydrogens is 1290 g/mol. The van der Waals surface area contributed by atoms with Gasteiger partial charge in [-0.15, -0.1) is 0 Å². The zero-order chi connectivity index (χ0) is 68.0. The predicted molar refractivity (Wildman–Crippen MR) is 336 cm³/mol. The van der Waals surface area contributed by atoms with E-state index in [-0.39, 0.29) is 51.1 Å². The zero-order valence-corrected chi connectivity index (χ0v) is 52.9. The monoisotopic (exact) mass is 1350 g/mol. The Kier molecular flexibility index (Phi) is 20.4. The molecule has 506 valence electrons. The second kappa shape index (κ2) is 29.2. The van der Waals surface area contributed by atoms with Gasteiger partial charge < -0.3 is 56.7 Å². The maximum atomic E-state index is 15.0. The van der Waals surface area contributed by atoms with Gasteiger partial charge in [0.15, 0.2) is 37.0 Å². The first-order chi connectivity index (χ1) is 46.7. The molecule has 0 bridgehead atoms. The van der Waals surface area contributed by atoms with Crippen molar-refractivity contribution in [2.24, 2.45) is 17.3 Å². The van der Waals surface area contributed by atoms with Crippen LogP contribution in [0, 0.1) is 17.3 Å². The number of halogens is 3. The second-order valence-corrected chi connectivity index (χ2v) is 26.1. The molecule has 97 heavy (non-hydrogen) atoms. The lowest BCUT2D eigenvalue weighted by Crippen LogP contribution is -2.67. The van der Waals surface area contributed by atoms with E-state index in [1.807, 2.05) is 0 Å². The van der Waals surface area contributed by atoms with Crippen LogP contribution < -0.4 is 4.18 Å². The van der Waals surface area contributed by atoms with Gasteiger partial charge in [0, 0.05) is 0 Å². The molecule has 4 fully saturated rings. The first-order valence-corrected chi connectivity index (χ1v) is 33.1. The van der Waals surface area contributed by atoms with Crippen molar-refractivity contribution in [2.75, 3.05) is 13.2 Å². The van der Waals surface area contributed by atoms with E-state index in [1.165, 1.54) is 84.9 Å². The van der Waals surface area contributed by atoms with Crippen LogP contribution in [-0.4, -0.2) is 136 Å². The number of ether oxygens (including phenoxy) is 10. The van der Waals surface area contributed by atoms with E-state index < -0.39 is 143 Å². The lowest BCUT2D eigenvalue weighted by Gasteiger charge is -2.52. The summed E-state index contributed by atoms with van der Waals surface area (Å²) in [5.41, 5.74) is -4.51. The number of aryl methyl sites for hydroxylation is 1. The highest BCUT2D eigenvalue weighted by Crippen LogP contribution is 2.62. The van der Waals surface area contributed by atoms with Gasteiger partial charge in [0.1, 0.15) is 43.4 Å². The van der Waals surface area contributed by atoms with Crippen molar-refractivity contribution in [2.45, 2.75) is 124 Å². The van der Waals surface area contributed by atoms with Crippen LogP contribution in [-0.2, 0) is 63.9 Å². The molecule has 12 rings (SSSR count). The third kappa shape index (κ3) is 15.0. The lowest BCUT2D eigenvalue weighted by molar-refractivity contribution is -0.363. The average molecular weight is 1350 g/mol. The van der Waals surface area contributed by atoms with Crippen LogP contribution in [0.5, 0.6) is 5.75 Å². The minimum Gasteiger partial charge on any atom is -0.459 e. The summed E-state index contributed by atoms with van der Waals surface area (Å²) in [5.74, 6) is -6.29. The number of aliphatic hydroxyl groups excluding tert-OH is 1. The number of carbonyl (C=O) groups excluding carboxylic acids is 6. The number of hydrogen-bond acceptors (Lipinski definition) is 20. The summed E-state index contributed by atoms with van der Waals surface area (Å²) < 4.78 is 134. The van der Waals surface area contributed by atoms with E-state index in [9.17, 15) is 55.5 Å². The molecule has 2 saturated heterocycles. The van der Waals surface area contributed by atoms with Crippen molar-refractivity contribution in [1.82, 2.24) is 0 Å². The highest BCUT2D eigenvalue weighted by atomic mass is 32.2. The van der Waals surface area contributed by atoms with Crippen LogP contribution >= 0.6 is 0 Å². The van der Waals surface area contributed by atoms with E-state index >= 15 is 0 Å². The number of esters is 6. The van der Waals surface area contributed by atoms with E-state index in [0.717, 1.165) is 5.56 Å². The fraction of sp³-hybridized carbons (Fsp3) is 0.342. The summed E-state index contributed by atoms with van der Waals surface area (Å²) >= 11 is 0. The van der Waals surface area contributed by atoms with Gasteiger partial charge in [-0.1, -0.05) is 122 Å². The van der Waals surface area contributed by atoms with E-state index in [1.54, 1.807) is 115 Å². The molecule has 7 aromatic carbocycles. The molecule has 0 radical (unpaired) electrons. The second-order valence-electron chi connectivity index (χ2n) is 24.6. The molecule has 15 atom stereocenters. The first kappa shape index (κ1) is 67.7. The van der Waals surface area contributed by atoms with Crippen molar-refractivity contribution in [1.29, 1.82) is 0 Å². The molecule has 3 aliphatic carbocycles. The van der Waals surface area contributed by atoms with Crippen LogP contribution in [0.4, 0.5) is 13.2 Å². The van der Waals surface area contributed by atoms with Crippen molar-refractivity contribution in [3.8, 4) is 5.75 Å². The van der Waals surface area contributed by atoms with Crippen molar-refractivity contribution in [3.05, 3.63) is 245 Å². The molecule has 11 unspecified atom stereocenters. The maximum absolute atomic E-state index is 15.0. The number of alkyl halides is 3. The number of benzene rings is 7. The number of aliphatic hydroxyl groups is 1. The van der Waals surface area contributed by atoms with Gasteiger partial charge in [-0.25, -0.2) is 28.8 Å². The van der Waals surface area contributed by atoms with Crippen molar-refractivity contribution in [3.63, 3.8) is 0 Å². The Bertz CT molecular complexity index is 4040. The first-order valence-electron chi connectivity index (χ1n) is 31.6. The lowest BCUT2D eigenvalue weighted by atomic mass is 9.55. The Balaban J connectivity index is 0.958. The minimum absolute atomic E-state index is 0.00751. The van der Waals surface area contributed by atoms with Crippen LogP contribution in [0.1, 0.15) is 118 Å². The SMILES string of the molecule is C[C@]12CCC3c4ccc(OS(=O)(=O)C(F)(F)F)cc4CC[C@H]3[C@@H]1CC[C@@H]2OC1OC(COC(=O)c2ccccc2)C(OC(=O)c2ccccc2)C(OC2OC(COC(=O)c3ccccc3)C(O)C(OC(=O)c3ccccc3)C2OC(=O)c2ccccc2)C1OC(=O)c1ccccc1.